The Morgan fingerprint density at radius 1 is 1.16 bits per heavy atom. The molecule has 37 heavy (non-hydrogen) atoms. The molecule has 0 unspecified atom stereocenters. The lowest BCUT2D eigenvalue weighted by molar-refractivity contribution is -0.137. The summed E-state index contributed by atoms with van der Waals surface area (Å²) in [7, 11) is 2.96. The number of amides is 2. The number of pyridine rings is 1. The van der Waals surface area contributed by atoms with Crippen LogP contribution in [0.25, 0.3) is 22.2 Å². The number of alkyl carbamates (subject to hydrolysis) is 1. The fourth-order valence-corrected chi connectivity index (χ4v) is 3.53. The number of aromatic nitrogens is 3. The van der Waals surface area contributed by atoms with Crippen molar-refractivity contribution < 1.29 is 28.6 Å². The molecule has 1 aromatic carbocycles. The van der Waals surface area contributed by atoms with Crippen LogP contribution in [0.15, 0.2) is 36.5 Å². The Kier molecular flexibility index (Phi) is 9.18. The van der Waals surface area contributed by atoms with Crippen LogP contribution < -0.4 is 15.4 Å². The van der Waals surface area contributed by atoms with Crippen LogP contribution in [-0.2, 0) is 19.1 Å². The van der Waals surface area contributed by atoms with E-state index in [1.807, 2.05) is 30.3 Å². The van der Waals surface area contributed by atoms with Crippen LogP contribution in [0.2, 0.25) is 0 Å². The number of fused-ring (bicyclic) bond motifs is 1. The number of nitrogens with one attached hydrogen (secondary N) is 3. The minimum absolute atomic E-state index is 0.0590. The molecule has 11 nitrogen and oxygen atoms in total. The van der Waals surface area contributed by atoms with Crippen LogP contribution in [-0.4, -0.2) is 65.7 Å². The standard InChI is InChI=1S/C26H33N5O6/c1-26(2,3)37-25(34)31-20(15-36-12-8-11-21(32)23(33)27-4)22-28-14-19(29-22)17-13-16-9-6-7-10-18(16)30-24(17)35-5/h6-7,9-10,13-14,20H,8,11-12,15H2,1-5H3,(H,27,33)(H,28,29)(H,31,34)/t20-/m0/s1. The highest BCUT2D eigenvalue weighted by Gasteiger charge is 2.24. The van der Waals surface area contributed by atoms with Gasteiger partial charge in [0.2, 0.25) is 11.7 Å². The number of nitrogens with zero attached hydrogens (tertiary/aromatic N) is 2. The second-order valence-corrected chi connectivity index (χ2v) is 9.30. The molecule has 2 heterocycles. The first-order valence-corrected chi connectivity index (χ1v) is 11.9. The summed E-state index contributed by atoms with van der Waals surface area (Å²) in [6.07, 6.45) is 1.42. The lowest BCUT2D eigenvalue weighted by Gasteiger charge is -2.23. The van der Waals surface area contributed by atoms with E-state index in [-0.39, 0.29) is 19.6 Å². The van der Waals surface area contributed by atoms with Crippen molar-refractivity contribution in [3.63, 3.8) is 0 Å². The van der Waals surface area contributed by atoms with Crippen molar-refractivity contribution in [2.24, 2.45) is 0 Å². The monoisotopic (exact) mass is 511 g/mol. The topological polar surface area (TPSA) is 145 Å². The van der Waals surface area contributed by atoms with Crippen molar-refractivity contribution in [2.45, 2.75) is 45.3 Å². The van der Waals surface area contributed by atoms with Crippen molar-refractivity contribution >= 4 is 28.7 Å². The molecule has 1 atom stereocenters. The Balaban J connectivity index is 1.77. The summed E-state index contributed by atoms with van der Waals surface area (Å²) < 4.78 is 16.6. The maximum absolute atomic E-state index is 12.5. The number of hydrogen-bond acceptors (Lipinski definition) is 8. The maximum atomic E-state index is 12.5. The van der Waals surface area contributed by atoms with E-state index in [1.54, 1.807) is 34.1 Å². The molecule has 3 N–H and O–H groups in total. The smallest absolute Gasteiger partial charge is 0.408 e. The van der Waals surface area contributed by atoms with Gasteiger partial charge >= 0.3 is 6.09 Å². The zero-order valence-corrected chi connectivity index (χ0v) is 21.7. The SMILES string of the molecule is CNC(=O)C(=O)CCCOC[C@H](NC(=O)OC(C)(C)C)c1ncc(-c2cc3ccccc3nc2OC)[nH]1. The molecular formula is C26H33N5O6. The number of likely N-dealkylation sites (N-methyl/N-ethyl adjacent to an activating group) is 1. The molecule has 0 saturated heterocycles. The number of aromatic amines is 1. The number of hydrogen-bond donors (Lipinski definition) is 3. The van der Waals surface area contributed by atoms with Crippen molar-refractivity contribution in [3.8, 4) is 17.1 Å². The Morgan fingerprint density at radius 3 is 2.62 bits per heavy atom. The molecule has 3 aromatic rings. The fraction of sp³-hybridized carbons (Fsp3) is 0.423. The van der Waals surface area contributed by atoms with Crippen molar-refractivity contribution in [1.82, 2.24) is 25.6 Å². The lowest BCUT2D eigenvalue weighted by atomic mass is 10.1. The van der Waals surface area contributed by atoms with Gasteiger partial charge in [0.25, 0.3) is 5.91 Å². The van der Waals surface area contributed by atoms with Crippen LogP contribution in [0.3, 0.4) is 0 Å². The first-order valence-electron chi connectivity index (χ1n) is 11.9. The second-order valence-electron chi connectivity index (χ2n) is 9.30. The highest BCUT2D eigenvalue weighted by Crippen LogP contribution is 2.31. The number of para-hydroxylation sites is 1. The summed E-state index contributed by atoms with van der Waals surface area (Å²) in [5.74, 6) is -0.269. The van der Waals surface area contributed by atoms with E-state index < -0.39 is 29.4 Å². The van der Waals surface area contributed by atoms with Crippen molar-refractivity contribution in [1.29, 1.82) is 0 Å². The van der Waals surface area contributed by atoms with Gasteiger partial charge in [0.05, 0.1) is 36.7 Å². The van der Waals surface area contributed by atoms with E-state index in [9.17, 15) is 14.4 Å². The van der Waals surface area contributed by atoms with Crippen LogP contribution in [0.5, 0.6) is 5.88 Å². The van der Waals surface area contributed by atoms with Crippen LogP contribution in [0, 0.1) is 0 Å². The van der Waals surface area contributed by atoms with Crippen molar-refractivity contribution in [2.75, 3.05) is 27.4 Å². The number of methoxy groups -OCH3 is 1. The maximum Gasteiger partial charge on any atom is 0.408 e. The predicted molar refractivity (Wildman–Crippen MR) is 137 cm³/mol. The molecule has 0 spiro atoms. The molecule has 11 heteroatoms. The molecule has 2 aromatic heterocycles. The van der Waals surface area contributed by atoms with Gasteiger partial charge in [0.15, 0.2) is 0 Å². The average Bonchev–Trinajstić information content (AvgIpc) is 3.35. The number of carbonyl (C=O) groups excluding carboxylic acids is 3. The van der Waals surface area contributed by atoms with Crippen molar-refractivity contribution in [3.05, 3.63) is 42.4 Å². The molecule has 198 valence electrons. The average molecular weight is 512 g/mol. The third-order valence-corrected chi connectivity index (χ3v) is 5.25. The quantitative estimate of drug-likeness (QED) is 0.263. The van der Waals surface area contributed by atoms with Gasteiger partial charge in [-0.1, -0.05) is 18.2 Å². The molecule has 0 radical (unpaired) electrons. The third kappa shape index (κ3) is 7.74. The Labute approximate surface area is 215 Å². The Bertz CT molecular complexity index is 1250. The van der Waals surface area contributed by atoms with E-state index >= 15 is 0 Å². The molecule has 2 amide bonds. The zero-order chi connectivity index (χ0) is 27.0. The van der Waals surface area contributed by atoms with Gasteiger partial charge in [-0.3, -0.25) is 9.59 Å². The molecule has 3 rings (SSSR count). The molecular weight excluding hydrogens is 478 g/mol. The van der Waals surface area contributed by atoms with Gasteiger partial charge in [-0.25, -0.2) is 14.8 Å². The summed E-state index contributed by atoms with van der Waals surface area (Å²) in [6.45, 7) is 5.58. The van der Waals surface area contributed by atoms with Crippen LogP contribution in [0.4, 0.5) is 4.79 Å². The number of rotatable bonds is 11. The molecule has 0 saturated carbocycles. The molecule has 0 aliphatic carbocycles. The highest BCUT2D eigenvalue weighted by molar-refractivity contribution is 6.36. The van der Waals surface area contributed by atoms with Gasteiger partial charge in [-0.05, 0) is 39.3 Å². The van der Waals surface area contributed by atoms with Gasteiger partial charge in [0, 0.05) is 25.5 Å². The van der Waals surface area contributed by atoms with E-state index in [0.29, 0.717) is 29.4 Å². The zero-order valence-electron chi connectivity index (χ0n) is 21.7. The van der Waals surface area contributed by atoms with E-state index in [0.717, 1.165) is 10.9 Å². The Hall–Kier alpha value is -3.99. The number of benzene rings is 1. The second kappa shape index (κ2) is 12.3. The summed E-state index contributed by atoms with van der Waals surface area (Å²) in [4.78, 5) is 47.8. The van der Waals surface area contributed by atoms with Gasteiger partial charge in [-0.2, -0.15) is 0 Å². The summed E-state index contributed by atoms with van der Waals surface area (Å²) in [6, 6.07) is 8.98. The third-order valence-electron chi connectivity index (χ3n) is 5.25. The number of imidazole rings is 1. The first kappa shape index (κ1) is 27.6. The first-order chi connectivity index (χ1) is 17.6. The highest BCUT2D eigenvalue weighted by atomic mass is 16.6. The largest absolute Gasteiger partial charge is 0.480 e. The minimum atomic E-state index is -0.686. The van der Waals surface area contributed by atoms with E-state index in [1.165, 1.54) is 7.05 Å². The molecule has 0 aliphatic rings. The predicted octanol–water partition coefficient (Wildman–Crippen LogP) is 3.31. The molecule has 0 aliphatic heterocycles. The van der Waals surface area contributed by atoms with Crippen LogP contribution >= 0.6 is 0 Å². The van der Waals surface area contributed by atoms with E-state index in [2.05, 4.69) is 25.6 Å². The number of H-pyrrole nitrogens is 1. The number of ether oxygens (including phenoxy) is 3. The van der Waals surface area contributed by atoms with Gasteiger partial charge in [-0.15, -0.1) is 0 Å². The molecule has 0 bridgehead atoms. The lowest BCUT2D eigenvalue weighted by Crippen LogP contribution is -2.37. The van der Waals surface area contributed by atoms with E-state index in [4.69, 9.17) is 14.2 Å². The van der Waals surface area contributed by atoms with Gasteiger partial charge in [0.1, 0.15) is 17.5 Å². The number of Topliss-reactive ketones (excluding diaryl/α,β-unsaturated/α-hetero) is 1. The normalized spacial score (nSPS) is 12.1. The number of carbonyl (C=O) groups is 3. The summed E-state index contributed by atoms with van der Waals surface area (Å²) in [5, 5.41) is 6.02. The summed E-state index contributed by atoms with van der Waals surface area (Å²) >= 11 is 0. The summed E-state index contributed by atoms with van der Waals surface area (Å²) in [5.41, 5.74) is 1.48. The minimum Gasteiger partial charge on any atom is -0.480 e. The van der Waals surface area contributed by atoms with Gasteiger partial charge < -0.3 is 29.8 Å². The number of ketones is 1. The van der Waals surface area contributed by atoms with Crippen LogP contribution in [0.1, 0.15) is 45.5 Å². The fourth-order valence-electron chi connectivity index (χ4n) is 3.53. The molecule has 0 fully saturated rings. The Morgan fingerprint density at radius 2 is 1.92 bits per heavy atom.